The smallest absolute Gasteiger partial charge is 0.176 e. The molecular formula is C52H52MnN8O4+2. The van der Waals surface area contributed by atoms with Crippen molar-refractivity contribution in [3.05, 3.63) is 145 Å². The summed E-state index contributed by atoms with van der Waals surface area (Å²) in [7, 11) is 0. The summed E-state index contributed by atoms with van der Waals surface area (Å²) in [6.45, 7) is 2.99. The molecule has 329 valence electrons. The topological polar surface area (TPSA) is 150 Å². The predicted molar refractivity (Wildman–Crippen MR) is 246 cm³/mol. The summed E-state index contributed by atoms with van der Waals surface area (Å²) < 4.78 is 8.35. The Morgan fingerprint density at radius 3 is 0.846 bits per heavy atom. The van der Waals surface area contributed by atoms with Crippen LogP contribution < -0.4 is 28.2 Å². The number of nitrogens with zero attached hydrogens (tertiary/aromatic N) is 8. The fraction of sp³-hybridized carbons (Fsp3) is 0.231. The van der Waals surface area contributed by atoms with E-state index < -0.39 is 0 Å². The molecule has 0 fully saturated rings. The Labute approximate surface area is 388 Å². The summed E-state index contributed by atoms with van der Waals surface area (Å²) in [6, 6.07) is 24.6. The van der Waals surface area contributed by atoms with E-state index >= 15 is 0 Å². The summed E-state index contributed by atoms with van der Waals surface area (Å²) in [5.41, 5.74) is 13.2. The first-order chi connectivity index (χ1) is 31.5. The van der Waals surface area contributed by atoms with Gasteiger partial charge in [0, 0.05) is 116 Å². The van der Waals surface area contributed by atoms with Crippen molar-refractivity contribution >= 4 is 46.4 Å². The summed E-state index contributed by atoms with van der Waals surface area (Å²) in [5.74, 6) is 0. The molecule has 0 aromatic carbocycles. The average Bonchev–Trinajstić information content (AvgIpc) is 4.18. The third-order valence-electron chi connectivity index (χ3n) is 11.5. The second-order valence-electron chi connectivity index (χ2n) is 16.0. The summed E-state index contributed by atoms with van der Waals surface area (Å²) >= 11 is 0. The van der Waals surface area contributed by atoms with Crippen LogP contribution in [-0.4, -0.2) is 56.8 Å². The van der Waals surface area contributed by atoms with Gasteiger partial charge in [0.1, 0.15) is 0 Å². The Kier molecular flexibility index (Phi) is 14.6. The third-order valence-corrected chi connectivity index (χ3v) is 11.5. The Morgan fingerprint density at radius 1 is 0.369 bits per heavy atom. The molecule has 4 N–H and O–H groups in total. The molecule has 0 aliphatic carbocycles. The first kappa shape index (κ1) is 45.1. The summed E-state index contributed by atoms with van der Waals surface area (Å²) in [6.07, 6.45) is 27.1. The molecule has 65 heavy (non-hydrogen) atoms. The van der Waals surface area contributed by atoms with Crippen LogP contribution in [-0.2, 0) is 43.2 Å². The van der Waals surface area contributed by atoms with Crippen molar-refractivity contribution in [1.82, 2.24) is 19.9 Å². The molecule has 0 saturated heterocycles. The maximum absolute atomic E-state index is 9.68. The third kappa shape index (κ3) is 9.96. The first-order valence-corrected chi connectivity index (χ1v) is 22.0. The number of aliphatic hydroxyl groups excluding tert-OH is 4. The molecule has 0 unspecified atom stereocenters. The van der Waals surface area contributed by atoms with Crippen molar-refractivity contribution in [2.24, 2.45) is 0 Å². The van der Waals surface area contributed by atoms with E-state index in [-0.39, 0.29) is 43.5 Å². The molecular weight excluding hydrogens is 856 g/mol. The van der Waals surface area contributed by atoms with E-state index in [1.54, 1.807) is 0 Å². The quantitative estimate of drug-likeness (QED) is 0.0759. The second-order valence-corrected chi connectivity index (χ2v) is 16.0. The van der Waals surface area contributed by atoms with Gasteiger partial charge in [-0.3, -0.25) is 0 Å². The van der Waals surface area contributed by atoms with E-state index in [2.05, 4.69) is 116 Å². The standard InChI is InChI=1S/C52H52N8O4.Mn/c61-29-5-25-57-21-1-9-37(33-57)49-41-13-15-43(53-41)50(38-10-2-22-58(34-38)26-6-30-62)45-17-19-47(55-45)52(40-12-4-24-60(36-40)28-8-32-64)48-20-18-46(56-48)51(44-16-14-42(49)54-44)39-11-3-23-59(35-39)27-7-31-63;/h1-4,9-24,33-36,61-64H,5-8,25-32H2;/q+2;. The Morgan fingerprint density at radius 2 is 0.615 bits per heavy atom. The van der Waals surface area contributed by atoms with Crippen molar-refractivity contribution in [2.75, 3.05) is 26.4 Å². The van der Waals surface area contributed by atoms with Crippen molar-refractivity contribution in [1.29, 1.82) is 0 Å². The summed E-state index contributed by atoms with van der Waals surface area (Å²) in [4.78, 5) is 21.7. The van der Waals surface area contributed by atoms with Crippen LogP contribution in [0.2, 0.25) is 0 Å². The second kappa shape index (κ2) is 21.0. The normalized spacial score (nSPS) is 11.9. The fourth-order valence-corrected chi connectivity index (χ4v) is 8.52. The zero-order valence-electron chi connectivity index (χ0n) is 36.1. The van der Waals surface area contributed by atoms with Gasteiger partial charge in [-0.1, -0.05) is 24.3 Å². The number of fused-ring (bicyclic) bond motifs is 8. The van der Waals surface area contributed by atoms with Crippen LogP contribution in [0.4, 0.5) is 0 Å². The number of aliphatic hydroxyl groups is 4. The largest absolute Gasteiger partial charge is 0.657 e. The van der Waals surface area contributed by atoms with Crippen LogP contribution in [0.5, 0.6) is 0 Å². The van der Waals surface area contributed by atoms with E-state index in [4.69, 9.17) is 19.9 Å². The van der Waals surface area contributed by atoms with Gasteiger partial charge in [-0.15, -0.1) is 22.1 Å². The minimum Gasteiger partial charge on any atom is -0.657 e. The Hall–Kier alpha value is -6.44. The molecule has 12 nitrogen and oxygen atoms in total. The molecule has 0 saturated carbocycles. The van der Waals surface area contributed by atoms with Gasteiger partial charge in [0.15, 0.2) is 75.8 Å². The number of rotatable bonds is 16. The number of hydrogen-bond acceptors (Lipinski definition) is 6. The Balaban J connectivity index is 0.00000576. The molecule has 7 aromatic rings. The van der Waals surface area contributed by atoms with Crippen molar-refractivity contribution < 1.29 is 55.8 Å². The van der Waals surface area contributed by atoms with Gasteiger partial charge in [0.2, 0.25) is 0 Å². The van der Waals surface area contributed by atoms with Crippen LogP contribution in [0.15, 0.2) is 122 Å². The van der Waals surface area contributed by atoms with Gasteiger partial charge in [0.05, 0.1) is 22.8 Å². The monoisotopic (exact) mass is 907 g/mol. The predicted octanol–water partition coefficient (Wildman–Crippen LogP) is 5.26. The number of aryl methyl sites for hydroxylation is 4. The van der Waals surface area contributed by atoms with E-state index in [9.17, 15) is 20.4 Å². The van der Waals surface area contributed by atoms with Crippen LogP contribution >= 0.6 is 0 Å². The maximum atomic E-state index is 9.68. The van der Waals surface area contributed by atoms with Crippen molar-refractivity contribution in [2.45, 2.75) is 51.9 Å². The molecule has 9 rings (SSSR count). The molecule has 2 aliphatic heterocycles. The first-order valence-electron chi connectivity index (χ1n) is 22.0. The minimum absolute atomic E-state index is 0. The van der Waals surface area contributed by atoms with E-state index in [1.807, 2.05) is 49.1 Å². The zero-order valence-corrected chi connectivity index (χ0v) is 37.3. The van der Waals surface area contributed by atoms with Crippen LogP contribution in [0.1, 0.15) is 48.5 Å². The van der Waals surface area contributed by atoms with Gasteiger partial charge in [-0.25, -0.2) is 28.2 Å². The van der Waals surface area contributed by atoms with Crippen LogP contribution in [0, 0.1) is 0 Å². The molecule has 8 bridgehead atoms. The summed E-state index contributed by atoms with van der Waals surface area (Å²) in [5, 5.41) is 38.7. The van der Waals surface area contributed by atoms with Gasteiger partial charge in [0.25, 0.3) is 0 Å². The van der Waals surface area contributed by atoms with Crippen LogP contribution in [0.3, 0.4) is 0 Å². The van der Waals surface area contributed by atoms with Gasteiger partial charge in [-0.2, -0.15) is 0 Å². The molecule has 0 amide bonds. The number of aromatic nitrogens is 8. The molecule has 1 radical (unpaired) electrons. The van der Waals surface area contributed by atoms with E-state index in [0.717, 1.165) is 89.4 Å². The molecule has 9 heterocycles. The SMILES string of the molecule is OCCC[n+]1cccc(-c2c3nc(c(-c4ccc[n+](CCCO)c4)c4ccc([n-]4)c(-c4ccc[n+](CCCO)c4)c4nc(c(-c5ccc[n+](CCCO)c5)c5ccc2[n-]5)C=C4)C=C3)c1.[Mn]. The zero-order chi connectivity index (χ0) is 43.8. The van der Waals surface area contributed by atoms with Gasteiger partial charge >= 0.3 is 0 Å². The van der Waals surface area contributed by atoms with Crippen LogP contribution in [0.25, 0.3) is 90.9 Å². The maximum Gasteiger partial charge on any atom is 0.176 e. The molecule has 7 aromatic heterocycles. The minimum atomic E-state index is 0. The molecule has 13 heteroatoms. The fourth-order valence-electron chi connectivity index (χ4n) is 8.52. The van der Waals surface area contributed by atoms with E-state index in [0.29, 0.717) is 51.9 Å². The average molecular weight is 908 g/mol. The van der Waals surface area contributed by atoms with Gasteiger partial charge in [-0.05, 0) is 70.8 Å². The number of hydrogen-bond donors (Lipinski definition) is 4. The van der Waals surface area contributed by atoms with Crippen molar-refractivity contribution in [3.63, 3.8) is 0 Å². The van der Waals surface area contributed by atoms with E-state index in [1.165, 1.54) is 0 Å². The van der Waals surface area contributed by atoms with Crippen molar-refractivity contribution in [3.8, 4) is 44.5 Å². The molecule has 2 aliphatic rings. The molecule has 0 atom stereocenters. The number of pyridine rings is 4. The van der Waals surface area contributed by atoms with Gasteiger partial charge < -0.3 is 30.4 Å². The molecule has 0 spiro atoms. The Bertz CT molecular complexity index is 2650.